The van der Waals surface area contributed by atoms with Crippen molar-refractivity contribution < 1.29 is 0 Å². The summed E-state index contributed by atoms with van der Waals surface area (Å²) in [4.78, 5) is 2.50. The van der Waals surface area contributed by atoms with E-state index in [0.29, 0.717) is 0 Å². The number of hydrogen-bond donors (Lipinski definition) is 1. The van der Waals surface area contributed by atoms with Crippen molar-refractivity contribution in [1.82, 2.24) is 4.90 Å². The van der Waals surface area contributed by atoms with Gasteiger partial charge in [-0.15, -0.1) is 0 Å². The molecule has 4 rings (SSSR count). The molecule has 0 aliphatic carbocycles. The molecule has 100 valence electrons. The third-order valence-corrected chi connectivity index (χ3v) is 4.23. The fourth-order valence-electron chi connectivity index (χ4n) is 3.23. The van der Waals surface area contributed by atoms with Gasteiger partial charge in [0.25, 0.3) is 0 Å². The maximum Gasteiger partial charge on any atom is 0.0609 e. The standard InChI is InChI=1S/C18H18N2/c1-2-9-16-14(7-1)15-8-3-4-10-17(15)19-13-18(16)20-11-5-6-12-20/h1-4,7-10,13,19H,5-6,11-12H2. The molecule has 0 atom stereocenters. The summed E-state index contributed by atoms with van der Waals surface area (Å²) in [6.45, 7) is 2.33. The number of fused-ring (bicyclic) bond motifs is 3. The van der Waals surface area contributed by atoms with E-state index in [9.17, 15) is 0 Å². The van der Waals surface area contributed by atoms with Crippen LogP contribution in [0.5, 0.6) is 0 Å². The molecule has 0 saturated carbocycles. The SMILES string of the molecule is C1=C(N2CCCC2)c2ccccc2-c2ccccc2N1. The first-order valence-electron chi connectivity index (χ1n) is 7.34. The summed E-state index contributed by atoms with van der Waals surface area (Å²) in [6.07, 6.45) is 4.77. The van der Waals surface area contributed by atoms with Crippen molar-refractivity contribution >= 4 is 11.4 Å². The monoisotopic (exact) mass is 262 g/mol. The third kappa shape index (κ3) is 1.80. The Balaban J connectivity index is 1.91. The molecule has 1 N–H and O–H groups in total. The molecule has 2 nitrogen and oxygen atoms in total. The van der Waals surface area contributed by atoms with Crippen molar-refractivity contribution in [3.8, 4) is 11.1 Å². The van der Waals surface area contributed by atoms with Gasteiger partial charge in [-0.1, -0.05) is 42.5 Å². The van der Waals surface area contributed by atoms with Crippen molar-refractivity contribution in [1.29, 1.82) is 0 Å². The molecular formula is C18H18N2. The predicted octanol–water partition coefficient (Wildman–Crippen LogP) is 4.17. The van der Waals surface area contributed by atoms with Gasteiger partial charge in [-0.05, 0) is 24.5 Å². The van der Waals surface area contributed by atoms with Gasteiger partial charge in [0.1, 0.15) is 0 Å². The van der Waals surface area contributed by atoms with E-state index in [0.717, 1.165) is 13.1 Å². The van der Waals surface area contributed by atoms with E-state index in [1.807, 2.05) is 0 Å². The van der Waals surface area contributed by atoms with Gasteiger partial charge in [0, 0.05) is 36.1 Å². The van der Waals surface area contributed by atoms with Crippen molar-refractivity contribution in [3.05, 3.63) is 60.3 Å². The van der Waals surface area contributed by atoms with E-state index >= 15 is 0 Å². The molecule has 0 radical (unpaired) electrons. The summed E-state index contributed by atoms with van der Waals surface area (Å²) in [5.74, 6) is 0. The molecule has 2 aromatic rings. The van der Waals surface area contributed by atoms with Crippen molar-refractivity contribution in [2.24, 2.45) is 0 Å². The van der Waals surface area contributed by atoms with Crippen LogP contribution in [0, 0.1) is 0 Å². The van der Waals surface area contributed by atoms with Gasteiger partial charge in [0.15, 0.2) is 0 Å². The second-order valence-corrected chi connectivity index (χ2v) is 5.46. The van der Waals surface area contributed by atoms with E-state index in [4.69, 9.17) is 0 Å². The van der Waals surface area contributed by atoms with Crippen molar-refractivity contribution in [3.63, 3.8) is 0 Å². The maximum absolute atomic E-state index is 3.50. The second-order valence-electron chi connectivity index (χ2n) is 5.46. The Hall–Kier alpha value is -2.22. The van der Waals surface area contributed by atoms with Crippen LogP contribution in [0.1, 0.15) is 18.4 Å². The van der Waals surface area contributed by atoms with E-state index in [1.54, 1.807) is 0 Å². The highest BCUT2D eigenvalue weighted by Gasteiger charge is 2.21. The summed E-state index contributed by atoms with van der Waals surface area (Å²) in [5.41, 5.74) is 6.47. The number of para-hydroxylation sites is 1. The van der Waals surface area contributed by atoms with Crippen LogP contribution in [0.15, 0.2) is 54.7 Å². The topological polar surface area (TPSA) is 15.3 Å². The Labute approximate surface area is 119 Å². The van der Waals surface area contributed by atoms with Crippen molar-refractivity contribution in [2.75, 3.05) is 18.4 Å². The zero-order valence-corrected chi connectivity index (χ0v) is 11.5. The number of nitrogens with one attached hydrogen (secondary N) is 1. The summed E-state index contributed by atoms with van der Waals surface area (Å²) >= 11 is 0. The minimum absolute atomic E-state index is 1.16. The molecule has 1 saturated heterocycles. The van der Waals surface area contributed by atoms with Crippen LogP contribution in [0.2, 0.25) is 0 Å². The number of hydrogen-bond acceptors (Lipinski definition) is 2. The van der Waals surface area contributed by atoms with Gasteiger partial charge in [-0.3, -0.25) is 0 Å². The molecule has 0 bridgehead atoms. The first-order valence-corrected chi connectivity index (χ1v) is 7.34. The Morgan fingerprint density at radius 2 is 1.40 bits per heavy atom. The number of rotatable bonds is 1. The number of anilines is 1. The highest BCUT2D eigenvalue weighted by Crippen LogP contribution is 2.38. The lowest BCUT2D eigenvalue weighted by Crippen LogP contribution is -2.18. The average molecular weight is 262 g/mol. The average Bonchev–Trinajstić information content (AvgIpc) is 2.97. The Kier molecular flexibility index (Phi) is 2.73. The molecule has 2 aliphatic heterocycles. The number of likely N-dealkylation sites (tertiary alicyclic amines) is 1. The van der Waals surface area contributed by atoms with Gasteiger partial charge in [0.05, 0.1) is 5.70 Å². The zero-order chi connectivity index (χ0) is 13.4. The number of benzene rings is 2. The predicted molar refractivity (Wildman–Crippen MR) is 84.3 cm³/mol. The Morgan fingerprint density at radius 3 is 2.20 bits per heavy atom. The fourth-order valence-corrected chi connectivity index (χ4v) is 3.23. The summed E-state index contributed by atoms with van der Waals surface area (Å²) in [7, 11) is 0. The molecule has 0 unspecified atom stereocenters. The van der Waals surface area contributed by atoms with E-state index in [1.165, 1.54) is 40.9 Å². The lowest BCUT2D eigenvalue weighted by Gasteiger charge is -2.22. The van der Waals surface area contributed by atoms with Crippen LogP contribution in [-0.4, -0.2) is 18.0 Å². The normalized spacial score (nSPS) is 16.8. The maximum atomic E-state index is 3.50. The lowest BCUT2D eigenvalue weighted by atomic mass is 9.97. The van der Waals surface area contributed by atoms with Gasteiger partial charge >= 0.3 is 0 Å². The molecular weight excluding hydrogens is 244 g/mol. The Morgan fingerprint density at radius 1 is 0.750 bits per heavy atom. The molecule has 0 amide bonds. The van der Waals surface area contributed by atoms with Crippen LogP contribution in [-0.2, 0) is 0 Å². The van der Waals surface area contributed by atoms with E-state index in [2.05, 4.69) is 64.9 Å². The smallest absolute Gasteiger partial charge is 0.0609 e. The minimum Gasteiger partial charge on any atom is -0.370 e. The fraction of sp³-hybridized carbons (Fsp3) is 0.222. The largest absolute Gasteiger partial charge is 0.370 e. The highest BCUT2D eigenvalue weighted by atomic mass is 15.2. The van der Waals surface area contributed by atoms with Crippen LogP contribution in [0.3, 0.4) is 0 Å². The highest BCUT2D eigenvalue weighted by molar-refractivity contribution is 5.90. The van der Waals surface area contributed by atoms with Crippen LogP contribution in [0.25, 0.3) is 16.8 Å². The molecule has 2 heteroatoms. The number of nitrogens with zero attached hydrogens (tertiary/aromatic N) is 1. The summed E-state index contributed by atoms with van der Waals surface area (Å²) in [5, 5.41) is 3.50. The summed E-state index contributed by atoms with van der Waals surface area (Å²) < 4.78 is 0. The van der Waals surface area contributed by atoms with Crippen LogP contribution < -0.4 is 5.32 Å². The van der Waals surface area contributed by atoms with Crippen LogP contribution in [0.4, 0.5) is 5.69 Å². The second kappa shape index (κ2) is 4.71. The van der Waals surface area contributed by atoms with E-state index < -0.39 is 0 Å². The molecule has 0 aromatic heterocycles. The minimum atomic E-state index is 1.16. The Bertz CT molecular complexity index is 667. The van der Waals surface area contributed by atoms with Gasteiger partial charge in [-0.25, -0.2) is 0 Å². The molecule has 2 aromatic carbocycles. The molecule has 1 fully saturated rings. The first-order chi connectivity index (χ1) is 9.93. The van der Waals surface area contributed by atoms with Gasteiger partial charge in [-0.2, -0.15) is 0 Å². The molecule has 2 aliphatic rings. The molecule has 0 spiro atoms. The third-order valence-electron chi connectivity index (χ3n) is 4.23. The van der Waals surface area contributed by atoms with Crippen LogP contribution >= 0.6 is 0 Å². The quantitative estimate of drug-likeness (QED) is 0.829. The van der Waals surface area contributed by atoms with Crippen molar-refractivity contribution in [2.45, 2.75) is 12.8 Å². The summed E-state index contributed by atoms with van der Waals surface area (Å²) in [6, 6.07) is 17.3. The first kappa shape index (κ1) is 11.6. The van der Waals surface area contributed by atoms with Gasteiger partial charge < -0.3 is 10.2 Å². The van der Waals surface area contributed by atoms with E-state index in [-0.39, 0.29) is 0 Å². The molecule has 20 heavy (non-hydrogen) atoms. The lowest BCUT2D eigenvalue weighted by molar-refractivity contribution is 0.493. The molecule has 2 heterocycles. The van der Waals surface area contributed by atoms with Gasteiger partial charge in [0.2, 0.25) is 0 Å². The zero-order valence-electron chi connectivity index (χ0n) is 11.5.